The zero-order chi connectivity index (χ0) is 23.4. The van der Waals surface area contributed by atoms with Crippen molar-refractivity contribution in [1.29, 1.82) is 0 Å². The van der Waals surface area contributed by atoms with Gasteiger partial charge in [-0.05, 0) is 48.7 Å². The molecule has 1 saturated heterocycles. The van der Waals surface area contributed by atoms with E-state index in [1.165, 1.54) is 30.6 Å². The van der Waals surface area contributed by atoms with Crippen LogP contribution in [0.2, 0.25) is 5.02 Å². The number of likely N-dealkylation sites (tertiary alicyclic amines) is 1. The van der Waals surface area contributed by atoms with Crippen LogP contribution in [-0.4, -0.2) is 41.9 Å². The summed E-state index contributed by atoms with van der Waals surface area (Å²) in [6.45, 7) is 1.26. The third-order valence-corrected chi connectivity index (χ3v) is 6.87. The minimum Gasteiger partial charge on any atom is -0.495 e. The van der Waals surface area contributed by atoms with Gasteiger partial charge in [-0.25, -0.2) is 9.37 Å². The Morgan fingerprint density at radius 1 is 1.21 bits per heavy atom. The summed E-state index contributed by atoms with van der Waals surface area (Å²) in [5.41, 5.74) is 1.62. The summed E-state index contributed by atoms with van der Waals surface area (Å²) >= 11 is 7.48. The summed E-state index contributed by atoms with van der Waals surface area (Å²) < 4.78 is 18.3. The molecule has 0 spiro atoms. The topological polar surface area (TPSA) is 71.5 Å². The van der Waals surface area contributed by atoms with Crippen molar-refractivity contribution in [2.45, 2.75) is 25.2 Å². The van der Waals surface area contributed by atoms with Crippen molar-refractivity contribution in [2.24, 2.45) is 0 Å². The van der Waals surface area contributed by atoms with Crippen molar-refractivity contribution in [3.63, 3.8) is 0 Å². The van der Waals surface area contributed by atoms with Gasteiger partial charge in [0.25, 0.3) is 5.91 Å². The Balaban J connectivity index is 1.33. The molecule has 0 saturated carbocycles. The number of methoxy groups -OCH3 is 1. The minimum atomic E-state index is -0.329. The number of carbonyl (C=O) groups is 2. The smallest absolute Gasteiger partial charge is 0.275 e. The largest absolute Gasteiger partial charge is 0.495 e. The molecule has 0 atom stereocenters. The number of nitrogens with one attached hydrogen (secondary N) is 1. The SMILES string of the molecule is COc1ccc(Cl)cc1NC(=O)c1csc(C2CCN(C(=O)Cc3ccc(F)cc3)CC2)n1. The number of carbonyl (C=O) groups excluding carboxylic acids is 2. The molecule has 0 radical (unpaired) electrons. The number of hydrogen-bond donors (Lipinski definition) is 1. The zero-order valence-electron chi connectivity index (χ0n) is 18.0. The first kappa shape index (κ1) is 23.2. The Morgan fingerprint density at radius 2 is 1.94 bits per heavy atom. The fourth-order valence-corrected chi connectivity index (χ4v) is 4.95. The van der Waals surface area contributed by atoms with Gasteiger partial charge < -0.3 is 15.0 Å². The molecule has 1 aliphatic rings. The number of ether oxygens (including phenoxy) is 1. The highest BCUT2D eigenvalue weighted by atomic mass is 35.5. The maximum absolute atomic E-state index is 13.1. The van der Waals surface area contributed by atoms with E-state index >= 15 is 0 Å². The first-order valence-corrected chi connectivity index (χ1v) is 11.8. The molecule has 1 aromatic heterocycles. The van der Waals surface area contributed by atoms with Crippen LogP contribution in [0.4, 0.5) is 10.1 Å². The second kappa shape index (κ2) is 10.3. The van der Waals surface area contributed by atoms with E-state index in [4.69, 9.17) is 16.3 Å². The molecular weight excluding hydrogens is 465 g/mol. The van der Waals surface area contributed by atoms with Crippen molar-refractivity contribution in [2.75, 3.05) is 25.5 Å². The maximum Gasteiger partial charge on any atom is 0.275 e. The van der Waals surface area contributed by atoms with Crippen LogP contribution >= 0.6 is 22.9 Å². The molecule has 2 heterocycles. The van der Waals surface area contributed by atoms with Gasteiger partial charge >= 0.3 is 0 Å². The summed E-state index contributed by atoms with van der Waals surface area (Å²) in [6.07, 6.45) is 1.83. The highest BCUT2D eigenvalue weighted by Gasteiger charge is 2.26. The Bertz CT molecular complexity index is 1140. The van der Waals surface area contributed by atoms with Crippen LogP contribution in [-0.2, 0) is 11.2 Å². The van der Waals surface area contributed by atoms with E-state index in [2.05, 4.69) is 10.3 Å². The Hall–Kier alpha value is -2.97. The van der Waals surface area contributed by atoms with Crippen LogP contribution in [0, 0.1) is 5.82 Å². The number of anilines is 1. The van der Waals surface area contributed by atoms with E-state index in [0.29, 0.717) is 35.2 Å². The first-order valence-electron chi connectivity index (χ1n) is 10.6. The number of rotatable bonds is 6. The molecule has 2 aromatic carbocycles. The molecule has 0 aliphatic carbocycles. The second-order valence-electron chi connectivity index (χ2n) is 7.83. The molecule has 3 aromatic rings. The number of nitrogens with zero attached hydrogens (tertiary/aromatic N) is 2. The van der Waals surface area contributed by atoms with Crippen LogP contribution in [0.15, 0.2) is 47.8 Å². The standard InChI is InChI=1S/C24H23ClFN3O3S/c1-32-21-7-4-17(25)13-19(21)27-23(31)20-14-33-24(28-20)16-8-10-29(11-9-16)22(30)12-15-2-5-18(26)6-3-15/h2-7,13-14,16H,8-12H2,1H3,(H,27,31). The number of piperidine rings is 1. The predicted molar refractivity (Wildman–Crippen MR) is 127 cm³/mol. The molecule has 1 N–H and O–H groups in total. The Morgan fingerprint density at radius 3 is 2.64 bits per heavy atom. The lowest BCUT2D eigenvalue weighted by atomic mass is 9.97. The highest BCUT2D eigenvalue weighted by molar-refractivity contribution is 7.10. The number of aromatic nitrogens is 1. The van der Waals surface area contributed by atoms with E-state index in [1.807, 2.05) is 4.90 Å². The lowest BCUT2D eigenvalue weighted by Gasteiger charge is -2.31. The molecule has 0 bridgehead atoms. The number of amides is 2. The zero-order valence-corrected chi connectivity index (χ0v) is 19.6. The molecular formula is C24H23ClFN3O3S. The monoisotopic (exact) mass is 487 g/mol. The second-order valence-corrected chi connectivity index (χ2v) is 9.15. The van der Waals surface area contributed by atoms with Crippen LogP contribution in [0.5, 0.6) is 5.75 Å². The van der Waals surface area contributed by atoms with Gasteiger partial charge in [0.2, 0.25) is 5.91 Å². The van der Waals surface area contributed by atoms with Gasteiger partial charge in [0, 0.05) is 29.4 Å². The van der Waals surface area contributed by atoms with E-state index in [9.17, 15) is 14.0 Å². The molecule has 33 heavy (non-hydrogen) atoms. The van der Waals surface area contributed by atoms with E-state index in [0.717, 1.165) is 23.4 Å². The van der Waals surface area contributed by atoms with Gasteiger partial charge in [0.1, 0.15) is 17.3 Å². The number of benzene rings is 2. The first-order chi connectivity index (χ1) is 15.9. The number of hydrogen-bond acceptors (Lipinski definition) is 5. The summed E-state index contributed by atoms with van der Waals surface area (Å²) in [7, 11) is 1.52. The fraction of sp³-hybridized carbons (Fsp3) is 0.292. The summed E-state index contributed by atoms with van der Waals surface area (Å²) in [6, 6.07) is 11.0. The van der Waals surface area contributed by atoms with Gasteiger partial charge in [0.15, 0.2) is 0 Å². The van der Waals surface area contributed by atoms with Crippen molar-refractivity contribution < 1.29 is 18.7 Å². The van der Waals surface area contributed by atoms with Gasteiger partial charge in [-0.2, -0.15) is 0 Å². The van der Waals surface area contributed by atoms with Gasteiger partial charge in [-0.3, -0.25) is 9.59 Å². The average Bonchev–Trinajstić information content (AvgIpc) is 3.31. The van der Waals surface area contributed by atoms with Crippen LogP contribution in [0.3, 0.4) is 0 Å². The molecule has 172 valence electrons. The summed E-state index contributed by atoms with van der Waals surface area (Å²) in [5.74, 6) is 0.114. The van der Waals surface area contributed by atoms with Crippen LogP contribution in [0.25, 0.3) is 0 Å². The third-order valence-electron chi connectivity index (χ3n) is 5.63. The quantitative estimate of drug-likeness (QED) is 0.522. The Labute approximate surface area is 200 Å². The van der Waals surface area contributed by atoms with E-state index < -0.39 is 0 Å². The molecule has 0 unspecified atom stereocenters. The highest BCUT2D eigenvalue weighted by Crippen LogP contribution is 2.32. The Kier molecular flexibility index (Phi) is 7.25. The molecule has 2 amide bonds. The van der Waals surface area contributed by atoms with E-state index in [1.54, 1.807) is 35.7 Å². The van der Waals surface area contributed by atoms with Crippen molar-refractivity contribution in [3.8, 4) is 5.75 Å². The minimum absolute atomic E-state index is 0.0368. The fourth-order valence-electron chi connectivity index (χ4n) is 3.81. The van der Waals surface area contributed by atoms with E-state index in [-0.39, 0.29) is 30.0 Å². The lowest BCUT2D eigenvalue weighted by Crippen LogP contribution is -2.38. The molecule has 1 fully saturated rings. The van der Waals surface area contributed by atoms with Crippen molar-refractivity contribution >= 4 is 40.4 Å². The average molecular weight is 488 g/mol. The molecule has 6 nitrogen and oxygen atoms in total. The van der Waals surface area contributed by atoms with Gasteiger partial charge in [0.05, 0.1) is 24.2 Å². The molecule has 4 rings (SSSR count). The van der Waals surface area contributed by atoms with Crippen molar-refractivity contribution in [1.82, 2.24) is 9.88 Å². The maximum atomic E-state index is 13.1. The van der Waals surface area contributed by atoms with Crippen LogP contribution in [0.1, 0.15) is 39.8 Å². The third kappa shape index (κ3) is 5.69. The molecule has 1 aliphatic heterocycles. The molecule has 9 heteroatoms. The van der Waals surface area contributed by atoms with Crippen molar-refractivity contribution in [3.05, 3.63) is 74.9 Å². The van der Waals surface area contributed by atoms with Gasteiger partial charge in [-0.15, -0.1) is 11.3 Å². The summed E-state index contributed by atoms with van der Waals surface area (Å²) in [4.78, 5) is 31.7. The normalized spacial score (nSPS) is 14.2. The number of halogens is 2. The summed E-state index contributed by atoms with van der Waals surface area (Å²) in [5, 5.41) is 5.93. The number of thiazole rings is 1. The van der Waals surface area contributed by atoms with Crippen LogP contribution < -0.4 is 10.1 Å². The predicted octanol–water partition coefficient (Wildman–Crippen LogP) is 5.15. The lowest BCUT2D eigenvalue weighted by molar-refractivity contribution is -0.131. The van der Waals surface area contributed by atoms with Gasteiger partial charge in [-0.1, -0.05) is 23.7 Å².